The van der Waals surface area contributed by atoms with Crippen LogP contribution in [-0.2, 0) is 4.79 Å². The average Bonchev–Trinajstić information content (AvgIpc) is 2.72. The lowest BCUT2D eigenvalue weighted by atomic mass is 10.2. The standard InChI is InChI=1S/C18H21N5O5/c1-3-27-14-6-5-12(9-15(14)28-4-2)17(25)21-11-16(24)22-23-18(26)13-10-19-7-8-20-13/h5-10H,3-4,11H2,1-2H3,(H,21,25)(H,22,24)(H,23,26). The van der Waals surface area contributed by atoms with Crippen molar-refractivity contribution in [2.75, 3.05) is 19.8 Å². The van der Waals surface area contributed by atoms with Crippen molar-refractivity contribution in [3.8, 4) is 11.5 Å². The van der Waals surface area contributed by atoms with Gasteiger partial charge in [-0.1, -0.05) is 0 Å². The van der Waals surface area contributed by atoms with Crippen LogP contribution in [0.2, 0.25) is 0 Å². The van der Waals surface area contributed by atoms with E-state index in [1.165, 1.54) is 24.7 Å². The maximum absolute atomic E-state index is 12.2. The van der Waals surface area contributed by atoms with E-state index in [4.69, 9.17) is 9.47 Å². The number of nitrogens with zero attached hydrogens (tertiary/aromatic N) is 2. The van der Waals surface area contributed by atoms with Gasteiger partial charge in [-0.25, -0.2) is 4.98 Å². The number of amides is 3. The molecule has 2 aromatic rings. The Balaban J connectivity index is 1.86. The SMILES string of the molecule is CCOc1ccc(C(=O)NCC(=O)NNC(=O)c2cnccn2)cc1OCC. The minimum Gasteiger partial charge on any atom is -0.490 e. The highest BCUT2D eigenvalue weighted by Gasteiger charge is 2.13. The lowest BCUT2D eigenvalue weighted by Gasteiger charge is -2.12. The first-order chi connectivity index (χ1) is 13.5. The summed E-state index contributed by atoms with van der Waals surface area (Å²) in [5.74, 6) is -0.732. The third-order valence-corrected chi connectivity index (χ3v) is 3.33. The van der Waals surface area contributed by atoms with Gasteiger partial charge < -0.3 is 14.8 Å². The maximum atomic E-state index is 12.2. The van der Waals surface area contributed by atoms with Crippen LogP contribution in [0.5, 0.6) is 11.5 Å². The maximum Gasteiger partial charge on any atom is 0.289 e. The first-order valence-corrected chi connectivity index (χ1v) is 8.58. The van der Waals surface area contributed by atoms with Crippen molar-refractivity contribution >= 4 is 17.7 Å². The van der Waals surface area contributed by atoms with Crippen LogP contribution < -0.4 is 25.6 Å². The van der Waals surface area contributed by atoms with E-state index in [2.05, 4.69) is 26.1 Å². The summed E-state index contributed by atoms with van der Waals surface area (Å²) in [6.45, 7) is 4.21. The lowest BCUT2D eigenvalue weighted by molar-refractivity contribution is -0.120. The average molecular weight is 387 g/mol. The molecule has 10 heteroatoms. The molecule has 0 spiro atoms. The molecule has 0 radical (unpaired) electrons. The van der Waals surface area contributed by atoms with Crippen molar-refractivity contribution in [2.45, 2.75) is 13.8 Å². The van der Waals surface area contributed by atoms with Gasteiger partial charge in [0.2, 0.25) is 0 Å². The van der Waals surface area contributed by atoms with E-state index in [1.807, 2.05) is 13.8 Å². The predicted molar refractivity (Wildman–Crippen MR) is 98.8 cm³/mol. The van der Waals surface area contributed by atoms with E-state index in [0.717, 1.165) is 0 Å². The van der Waals surface area contributed by atoms with E-state index in [-0.39, 0.29) is 12.2 Å². The Kier molecular flexibility index (Phi) is 7.70. The molecule has 1 heterocycles. The number of rotatable bonds is 8. The van der Waals surface area contributed by atoms with E-state index in [0.29, 0.717) is 30.3 Å². The first kappa shape index (κ1) is 20.6. The predicted octanol–water partition coefficient (Wildman–Crippen LogP) is 0.465. The zero-order valence-corrected chi connectivity index (χ0v) is 15.5. The van der Waals surface area contributed by atoms with E-state index in [1.54, 1.807) is 12.1 Å². The first-order valence-electron chi connectivity index (χ1n) is 8.58. The van der Waals surface area contributed by atoms with Gasteiger partial charge in [-0.15, -0.1) is 0 Å². The quantitative estimate of drug-likeness (QED) is 0.561. The number of hydrogen-bond acceptors (Lipinski definition) is 7. The highest BCUT2D eigenvalue weighted by Crippen LogP contribution is 2.28. The van der Waals surface area contributed by atoms with Crippen molar-refractivity contribution in [1.29, 1.82) is 0 Å². The van der Waals surface area contributed by atoms with Gasteiger partial charge in [0.15, 0.2) is 11.5 Å². The number of carbonyl (C=O) groups excluding carboxylic acids is 3. The van der Waals surface area contributed by atoms with E-state index < -0.39 is 17.7 Å². The van der Waals surface area contributed by atoms with Gasteiger partial charge in [-0.2, -0.15) is 0 Å². The Labute approximate surface area is 161 Å². The number of hydrogen-bond donors (Lipinski definition) is 3. The van der Waals surface area contributed by atoms with Crippen molar-refractivity contribution in [3.05, 3.63) is 48.0 Å². The summed E-state index contributed by atoms with van der Waals surface area (Å²) >= 11 is 0. The minimum atomic E-state index is -0.624. The molecule has 148 valence electrons. The Hall–Kier alpha value is -3.69. The zero-order valence-electron chi connectivity index (χ0n) is 15.5. The summed E-state index contributed by atoms with van der Waals surface area (Å²) in [7, 11) is 0. The molecule has 0 unspecified atom stereocenters. The highest BCUT2D eigenvalue weighted by molar-refractivity contribution is 5.97. The Bertz CT molecular complexity index is 828. The minimum absolute atomic E-state index is 0.0460. The van der Waals surface area contributed by atoms with Crippen LogP contribution in [0, 0.1) is 0 Å². The summed E-state index contributed by atoms with van der Waals surface area (Å²) in [6, 6.07) is 4.73. The molecule has 28 heavy (non-hydrogen) atoms. The van der Waals surface area contributed by atoms with Crippen LogP contribution in [0.1, 0.15) is 34.7 Å². The molecule has 3 amide bonds. The number of ether oxygens (including phenoxy) is 2. The van der Waals surface area contributed by atoms with E-state index >= 15 is 0 Å². The fourth-order valence-corrected chi connectivity index (χ4v) is 2.11. The monoisotopic (exact) mass is 387 g/mol. The molecule has 0 saturated heterocycles. The molecule has 10 nitrogen and oxygen atoms in total. The largest absolute Gasteiger partial charge is 0.490 e. The van der Waals surface area contributed by atoms with Gasteiger partial charge >= 0.3 is 0 Å². The normalized spacial score (nSPS) is 9.93. The molecule has 2 rings (SSSR count). The smallest absolute Gasteiger partial charge is 0.289 e. The number of carbonyl (C=O) groups is 3. The van der Waals surface area contributed by atoms with Gasteiger partial charge in [0.25, 0.3) is 17.7 Å². The molecule has 3 N–H and O–H groups in total. The lowest BCUT2D eigenvalue weighted by Crippen LogP contribution is -2.46. The molecule has 1 aromatic heterocycles. The zero-order chi connectivity index (χ0) is 20.4. The molecule has 0 aliphatic rings. The van der Waals surface area contributed by atoms with Gasteiger partial charge in [0.1, 0.15) is 5.69 Å². The van der Waals surface area contributed by atoms with Crippen LogP contribution in [0.25, 0.3) is 0 Å². The topological polar surface area (TPSA) is 132 Å². The molecular formula is C18H21N5O5. The fraction of sp³-hybridized carbons (Fsp3) is 0.278. The number of nitrogens with one attached hydrogen (secondary N) is 3. The Morgan fingerprint density at radius 1 is 0.964 bits per heavy atom. The van der Waals surface area contributed by atoms with Crippen LogP contribution >= 0.6 is 0 Å². The van der Waals surface area contributed by atoms with Crippen molar-refractivity contribution < 1.29 is 23.9 Å². The molecule has 0 aliphatic carbocycles. The van der Waals surface area contributed by atoms with E-state index in [9.17, 15) is 14.4 Å². The fourth-order valence-electron chi connectivity index (χ4n) is 2.11. The van der Waals surface area contributed by atoms with Crippen LogP contribution in [-0.4, -0.2) is 47.4 Å². The van der Waals surface area contributed by atoms with Crippen LogP contribution in [0.15, 0.2) is 36.8 Å². The molecule has 0 bridgehead atoms. The Morgan fingerprint density at radius 3 is 2.39 bits per heavy atom. The second-order valence-corrected chi connectivity index (χ2v) is 5.30. The van der Waals surface area contributed by atoms with Crippen LogP contribution in [0.4, 0.5) is 0 Å². The van der Waals surface area contributed by atoms with Gasteiger partial charge in [0.05, 0.1) is 26.0 Å². The summed E-state index contributed by atoms with van der Waals surface area (Å²) in [5.41, 5.74) is 4.71. The number of benzene rings is 1. The van der Waals surface area contributed by atoms with Gasteiger partial charge in [-0.05, 0) is 32.0 Å². The third-order valence-electron chi connectivity index (χ3n) is 3.33. The third kappa shape index (κ3) is 5.94. The second kappa shape index (κ2) is 10.5. The van der Waals surface area contributed by atoms with Gasteiger partial charge in [0, 0.05) is 18.0 Å². The molecule has 0 saturated carbocycles. The summed E-state index contributed by atoms with van der Waals surface area (Å²) < 4.78 is 10.9. The molecule has 1 aromatic carbocycles. The van der Waals surface area contributed by atoms with Crippen molar-refractivity contribution in [2.24, 2.45) is 0 Å². The summed E-state index contributed by atoms with van der Waals surface area (Å²) in [6.07, 6.45) is 4.03. The summed E-state index contributed by atoms with van der Waals surface area (Å²) in [4.78, 5) is 43.3. The molecule has 0 aliphatic heterocycles. The highest BCUT2D eigenvalue weighted by atomic mass is 16.5. The molecule has 0 fully saturated rings. The summed E-state index contributed by atoms with van der Waals surface area (Å²) in [5, 5.41) is 2.46. The van der Waals surface area contributed by atoms with Crippen molar-refractivity contribution in [1.82, 2.24) is 26.1 Å². The number of hydrazine groups is 1. The Morgan fingerprint density at radius 2 is 1.71 bits per heavy atom. The number of aromatic nitrogens is 2. The van der Waals surface area contributed by atoms with Gasteiger partial charge in [-0.3, -0.25) is 30.2 Å². The van der Waals surface area contributed by atoms with Crippen molar-refractivity contribution in [3.63, 3.8) is 0 Å². The second-order valence-electron chi connectivity index (χ2n) is 5.30. The molecular weight excluding hydrogens is 366 g/mol. The molecule has 0 atom stereocenters. The van der Waals surface area contributed by atoms with Crippen LogP contribution in [0.3, 0.4) is 0 Å².